The second kappa shape index (κ2) is 6.30. The third-order valence-corrected chi connectivity index (χ3v) is 4.75. The molecular weight excluding hydrogens is 317 g/mol. The Hall–Kier alpha value is -2.15. The molecule has 0 saturated heterocycles. The molecule has 2 aromatic carbocycles. The van der Waals surface area contributed by atoms with E-state index >= 15 is 0 Å². The van der Waals surface area contributed by atoms with Crippen molar-refractivity contribution in [2.75, 3.05) is 0 Å². The van der Waals surface area contributed by atoms with Gasteiger partial charge in [-0.25, -0.2) is 4.98 Å². The van der Waals surface area contributed by atoms with Gasteiger partial charge in [-0.2, -0.15) is 0 Å². The first-order chi connectivity index (χ1) is 11.7. The molecular formula is C19H22BNO4. The van der Waals surface area contributed by atoms with Gasteiger partial charge in [-0.15, -0.1) is 0 Å². The average molecular weight is 339 g/mol. The number of hydrogen-bond acceptors (Lipinski definition) is 5. The lowest BCUT2D eigenvalue weighted by Gasteiger charge is -2.38. The number of benzene rings is 2. The summed E-state index contributed by atoms with van der Waals surface area (Å²) < 4.78 is 11.0. The summed E-state index contributed by atoms with van der Waals surface area (Å²) in [6, 6.07) is 11.5. The van der Waals surface area contributed by atoms with Gasteiger partial charge in [0.05, 0.1) is 17.4 Å². The van der Waals surface area contributed by atoms with Crippen LogP contribution in [-0.4, -0.2) is 33.4 Å². The summed E-state index contributed by atoms with van der Waals surface area (Å²) in [6.07, 6.45) is 3.08. The molecule has 0 fully saturated rings. The Balaban J connectivity index is 1.87. The van der Waals surface area contributed by atoms with Crippen LogP contribution in [0.15, 0.2) is 53.4 Å². The third kappa shape index (κ3) is 3.61. The summed E-state index contributed by atoms with van der Waals surface area (Å²) in [6.45, 7) is 6.82. The second-order valence-electron chi connectivity index (χ2n) is 7.23. The fraction of sp³-hybridized carbons (Fsp3) is 0.316. The Morgan fingerprint density at radius 3 is 2.36 bits per heavy atom. The van der Waals surface area contributed by atoms with Crippen molar-refractivity contribution in [3.63, 3.8) is 0 Å². The third-order valence-electron chi connectivity index (χ3n) is 4.75. The van der Waals surface area contributed by atoms with Crippen molar-refractivity contribution in [3.05, 3.63) is 49.0 Å². The topological polar surface area (TPSA) is 75.7 Å². The Labute approximate surface area is 147 Å². The van der Waals surface area contributed by atoms with E-state index in [4.69, 9.17) is 9.07 Å². The van der Waals surface area contributed by atoms with Crippen LogP contribution in [0.3, 0.4) is 0 Å². The molecule has 1 heterocycles. The summed E-state index contributed by atoms with van der Waals surface area (Å²) >= 11 is 0. The van der Waals surface area contributed by atoms with Crippen LogP contribution in [-0.2, 0) is 4.65 Å². The minimum absolute atomic E-state index is 0.636. The SMILES string of the molecule is CC(C)(O)C(C)(C)OB(O)c1ccc2cc(-c3cnco3)ccc2c1. The maximum absolute atomic E-state index is 10.4. The molecule has 3 aromatic rings. The maximum Gasteiger partial charge on any atom is 0.491 e. The monoisotopic (exact) mass is 339 g/mol. The summed E-state index contributed by atoms with van der Waals surface area (Å²) in [4.78, 5) is 3.93. The van der Waals surface area contributed by atoms with Crippen LogP contribution >= 0.6 is 0 Å². The van der Waals surface area contributed by atoms with E-state index in [0.717, 1.165) is 16.3 Å². The lowest BCUT2D eigenvalue weighted by Crippen LogP contribution is -2.53. The molecule has 5 nitrogen and oxygen atoms in total. The number of rotatable bonds is 5. The van der Waals surface area contributed by atoms with Crippen LogP contribution in [0.1, 0.15) is 27.7 Å². The Morgan fingerprint density at radius 2 is 1.72 bits per heavy atom. The van der Waals surface area contributed by atoms with Gasteiger partial charge < -0.3 is 19.2 Å². The highest BCUT2D eigenvalue weighted by molar-refractivity contribution is 6.60. The van der Waals surface area contributed by atoms with Crippen LogP contribution in [0.5, 0.6) is 0 Å². The molecule has 0 saturated carbocycles. The number of nitrogens with zero attached hydrogens (tertiary/aromatic N) is 1. The zero-order valence-electron chi connectivity index (χ0n) is 14.9. The van der Waals surface area contributed by atoms with E-state index in [2.05, 4.69) is 4.98 Å². The van der Waals surface area contributed by atoms with E-state index in [-0.39, 0.29) is 0 Å². The molecule has 3 rings (SSSR count). The normalized spacial score (nSPS) is 12.6. The highest BCUT2D eigenvalue weighted by Gasteiger charge is 2.39. The Kier molecular flexibility index (Phi) is 4.45. The lowest BCUT2D eigenvalue weighted by atomic mass is 9.76. The largest absolute Gasteiger partial charge is 0.491 e. The van der Waals surface area contributed by atoms with Crippen molar-refractivity contribution < 1.29 is 19.2 Å². The van der Waals surface area contributed by atoms with Crippen molar-refractivity contribution in [2.45, 2.75) is 38.9 Å². The molecule has 0 unspecified atom stereocenters. The molecule has 130 valence electrons. The second-order valence-corrected chi connectivity index (χ2v) is 7.23. The zero-order chi connectivity index (χ0) is 18.2. The van der Waals surface area contributed by atoms with Gasteiger partial charge in [0.1, 0.15) is 0 Å². The van der Waals surface area contributed by atoms with Crippen LogP contribution in [0.25, 0.3) is 22.1 Å². The first-order valence-electron chi connectivity index (χ1n) is 8.18. The molecule has 25 heavy (non-hydrogen) atoms. The smallest absolute Gasteiger partial charge is 0.444 e. The van der Waals surface area contributed by atoms with Gasteiger partial charge in [0, 0.05) is 5.56 Å². The van der Waals surface area contributed by atoms with E-state index in [1.807, 2.05) is 36.4 Å². The highest BCUT2D eigenvalue weighted by Crippen LogP contribution is 2.26. The van der Waals surface area contributed by atoms with E-state index in [1.165, 1.54) is 6.39 Å². The van der Waals surface area contributed by atoms with Gasteiger partial charge >= 0.3 is 7.12 Å². The van der Waals surface area contributed by atoms with Gasteiger partial charge in [0.25, 0.3) is 0 Å². The van der Waals surface area contributed by atoms with Crippen molar-refractivity contribution in [1.82, 2.24) is 4.98 Å². The van der Waals surface area contributed by atoms with Crippen molar-refractivity contribution >= 4 is 23.4 Å². The molecule has 0 radical (unpaired) electrons. The van der Waals surface area contributed by atoms with Gasteiger partial charge in [-0.3, -0.25) is 0 Å². The predicted octanol–water partition coefficient (Wildman–Crippen LogP) is 2.75. The number of aromatic nitrogens is 1. The minimum atomic E-state index is -1.13. The Morgan fingerprint density at radius 1 is 1.04 bits per heavy atom. The van der Waals surface area contributed by atoms with Gasteiger partial charge in [0.15, 0.2) is 12.2 Å². The van der Waals surface area contributed by atoms with Gasteiger partial charge in [-0.05, 0) is 50.0 Å². The van der Waals surface area contributed by atoms with Crippen molar-refractivity contribution in [3.8, 4) is 11.3 Å². The average Bonchev–Trinajstić information content (AvgIpc) is 3.06. The van der Waals surface area contributed by atoms with Crippen molar-refractivity contribution in [2.24, 2.45) is 0 Å². The molecule has 0 aliphatic carbocycles. The molecule has 2 N–H and O–H groups in total. The van der Waals surface area contributed by atoms with Crippen LogP contribution < -0.4 is 5.46 Å². The quantitative estimate of drug-likeness (QED) is 0.699. The minimum Gasteiger partial charge on any atom is -0.444 e. The lowest BCUT2D eigenvalue weighted by molar-refractivity contribution is -0.0982. The number of aliphatic hydroxyl groups is 1. The number of fused-ring (bicyclic) bond motifs is 1. The van der Waals surface area contributed by atoms with E-state index in [1.54, 1.807) is 33.9 Å². The standard InChI is InChI=1S/C19H22BNO4/c1-18(2,22)19(3,4)25-20(23)16-8-7-13-9-15(6-5-14(13)10-16)17-11-21-12-24-17/h5-12,22-23H,1-4H3. The predicted molar refractivity (Wildman–Crippen MR) is 98.5 cm³/mol. The summed E-state index contributed by atoms with van der Waals surface area (Å²) in [5.41, 5.74) is -0.413. The van der Waals surface area contributed by atoms with E-state index < -0.39 is 18.3 Å². The van der Waals surface area contributed by atoms with E-state index in [9.17, 15) is 10.1 Å². The summed E-state index contributed by atoms with van der Waals surface area (Å²) in [7, 11) is -1.13. The maximum atomic E-state index is 10.4. The first-order valence-corrected chi connectivity index (χ1v) is 8.18. The zero-order valence-corrected chi connectivity index (χ0v) is 14.9. The first kappa shape index (κ1) is 17.7. The Bertz CT molecular complexity index is 869. The molecule has 0 amide bonds. The molecule has 0 aliphatic heterocycles. The van der Waals surface area contributed by atoms with Crippen LogP contribution in [0.4, 0.5) is 0 Å². The summed E-state index contributed by atoms with van der Waals surface area (Å²) in [5, 5.41) is 22.6. The molecule has 6 heteroatoms. The molecule has 0 bridgehead atoms. The molecule has 0 spiro atoms. The van der Waals surface area contributed by atoms with Gasteiger partial charge in [-0.1, -0.05) is 30.3 Å². The number of oxazole rings is 1. The fourth-order valence-corrected chi connectivity index (χ4v) is 2.42. The van der Waals surface area contributed by atoms with E-state index in [0.29, 0.717) is 11.2 Å². The van der Waals surface area contributed by atoms with Gasteiger partial charge in [0.2, 0.25) is 0 Å². The van der Waals surface area contributed by atoms with Crippen LogP contribution in [0, 0.1) is 0 Å². The molecule has 0 aliphatic rings. The van der Waals surface area contributed by atoms with Crippen LogP contribution in [0.2, 0.25) is 0 Å². The molecule has 0 atom stereocenters. The summed E-state index contributed by atoms with van der Waals surface area (Å²) in [5.74, 6) is 0.710. The fourth-order valence-electron chi connectivity index (χ4n) is 2.42. The molecule has 1 aromatic heterocycles. The number of hydrogen-bond donors (Lipinski definition) is 2. The highest BCUT2D eigenvalue weighted by atomic mass is 16.5. The van der Waals surface area contributed by atoms with Crippen molar-refractivity contribution in [1.29, 1.82) is 0 Å².